The second kappa shape index (κ2) is 6.56. The van der Waals surface area contributed by atoms with Crippen molar-refractivity contribution < 1.29 is 18.0 Å². The molecule has 1 unspecified atom stereocenters. The van der Waals surface area contributed by atoms with E-state index in [1.165, 1.54) is 12.1 Å². The Balaban J connectivity index is 2.60. The smallest absolute Gasteiger partial charge is 0.355 e. The predicted octanol–water partition coefficient (Wildman–Crippen LogP) is 1.96. The summed E-state index contributed by atoms with van der Waals surface area (Å²) >= 11 is 0. The van der Waals surface area contributed by atoms with Crippen molar-refractivity contribution in [2.24, 2.45) is 11.7 Å². The monoisotopic (exact) mass is 274 g/mol. The largest absolute Gasteiger partial charge is 0.416 e. The van der Waals surface area contributed by atoms with E-state index in [1.807, 2.05) is 0 Å². The number of carbonyl (C=O) groups excluding carboxylic acids is 1. The van der Waals surface area contributed by atoms with Crippen LogP contribution in [0.4, 0.5) is 13.2 Å². The van der Waals surface area contributed by atoms with Crippen LogP contribution in [0.5, 0.6) is 0 Å². The number of hydrogen-bond donors (Lipinski definition) is 2. The number of nitrogens with one attached hydrogen (secondary N) is 1. The van der Waals surface area contributed by atoms with Crippen molar-refractivity contribution >= 4 is 5.91 Å². The Hall–Kier alpha value is -1.56. The van der Waals surface area contributed by atoms with Crippen LogP contribution in [0.1, 0.15) is 18.1 Å². The van der Waals surface area contributed by atoms with Crippen LogP contribution in [0.15, 0.2) is 24.3 Å². The average molecular weight is 274 g/mol. The van der Waals surface area contributed by atoms with Crippen molar-refractivity contribution in [1.82, 2.24) is 5.32 Å². The lowest BCUT2D eigenvalue weighted by Gasteiger charge is -2.12. The Morgan fingerprint density at radius 3 is 2.37 bits per heavy atom. The lowest BCUT2D eigenvalue weighted by Crippen LogP contribution is -2.34. The first kappa shape index (κ1) is 15.5. The van der Waals surface area contributed by atoms with E-state index in [0.717, 1.165) is 12.1 Å². The van der Waals surface area contributed by atoms with E-state index in [0.29, 0.717) is 25.1 Å². The molecule has 106 valence electrons. The van der Waals surface area contributed by atoms with Gasteiger partial charge in [-0.1, -0.05) is 19.1 Å². The molecule has 0 saturated carbocycles. The van der Waals surface area contributed by atoms with E-state index in [9.17, 15) is 18.0 Å². The molecule has 0 radical (unpaired) electrons. The molecule has 6 heteroatoms. The van der Waals surface area contributed by atoms with E-state index in [1.54, 1.807) is 6.92 Å². The second-order valence-electron chi connectivity index (χ2n) is 4.38. The Morgan fingerprint density at radius 2 is 1.89 bits per heavy atom. The maximum Gasteiger partial charge on any atom is 0.416 e. The third-order valence-corrected chi connectivity index (χ3v) is 2.71. The number of halogens is 3. The number of nitrogens with two attached hydrogens (primary N) is 1. The summed E-state index contributed by atoms with van der Waals surface area (Å²) in [6.07, 6.45) is -3.93. The Labute approximate surface area is 110 Å². The normalized spacial score (nSPS) is 13.1. The van der Waals surface area contributed by atoms with Gasteiger partial charge >= 0.3 is 6.18 Å². The zero-order valence-electron chi connectivity index (χ0n) is 10.6. The van der Waals surface area contributed by atoms with Gasteiger partial charge in [-0.05, 0) is 24.1 Å². The molecule has 0 fully saturated rings. The van der Waals surface area contributed by atoms with Crippen molar-refractivity contribution in [1.29, 1.82) is 0 Å². The topological polar surface area (TPSA) is 55.1 Å². The van der Waals surface area contributed by atoms with Gasteiger partial charge in [-0.25, -0.2) is 0 Å². The third-order valence-electron chi connectivity index (χ3n) is 2.71. The molecule has 1 amide bonds. The molecular formula is C13H17F3N2O. The summed E-state index contributed by atoms with van der Waals surface area (Å²) in [6.45, 7) is 2.48. The molecule has 1 aromatic carbocycles. The molecule has 1 rings (SSSR count). The average Bonchev–Trinajstić information content (AvgIpc) is 2.35. The molecular weight excluding hydrogens is 257 g/mol. The van der Waals surface area contributed by atoms with Gasteiger partial charge in [0.1, 0.15) is 0 Å². The summed E-state index contributed by atoms with van der Waals surface area (Å²) in [5.41, 5.74) is 5.28. The van der Waals surface area contributed by atoms with Gasteiger partial charge in [0.2, 0.25) is 5.91 Å². The number of alkyl halides is 3. The SMILES string of the molecule is CC(Cc1ccc(C(F)(F)F)cc1)C(=O)NCCN. The van der Waals surface area contributed by atoms with Crippen LogP contribution in [-0.4, -0.2) is 19.0 Å². The lowest BCUT2D eigenvalue weighted by atomic mass is 9.99. The molecule has 3 N–H and O–H groups in total. The number of benzene rings is 1. The molecule has 1 aromatic rings. The van der Waals surface area contributed by atoms with Gasteiger partial charge < -0.3 is 11.1 Å². The van der Waals surface area contributed by atoms with Gasteiger partial charge in [0.25, 0.3) is 0 Å². The Bertz CT molecular complexity index is 415. The summed E-state index contributed by atoms with van der Waals surface area (Å²) in [7, 11) is 0. The zero-order chi connectivity index (χ0) is 14.5. The van der Waals surface area contributed by atoms with Crippen molar-refractivity contribution in [3.8, 4) is 0 Å². The fourth-order valence-corrected chi connectivity index (χ4v) is 1.65. The summed E-state index contributed by atoms with van der Waals surface area (Å²) < 4.78 is 37.1. The Morgan fingerprint density at radius 1 is 1.32 bits per heavy atom. The van der Waals surface area contributed by atoms with Crippen LogP contribution >= 0.6 is 0 Å². The highest BCUT2D eigenvalue weighted by molar-refractivity contribution is 5.78. The molecule has 0 bridgehead atoms. The maximum absolute atomic E-state index is 12.4. The minimum atomic E-state index is -4.33. The van der Waals surface area contributed by atoms with Crippen LogP contribution in [0.25, 0.3) is 0 Å². The lowest BCUT2D eigenvalue weighted by molar-refractivity contribution is -0.137. The Kier molecular flexibility index (Phi) is 5.35. The fourth-order valence-electron chi connectivity index (χ4n) is 1.65. The molecule has 0 heterocycles. The highest BCUT2D eigenvalue weighted by Gasteiger charge is 2.30. The van der Waals surface area contributed by atoms with Gasteiger partial charge in [-0.2, -0.15) is 13.2 Å². The molecule has 3 nitrogen and oxygen atoms in total. The van der Waals surface area contributed by atoms with E-state index >= 15 is 0 Å². The second-order valence-corrected chi connectivity index (χ2v) is 4.38. The number of amides is 1. The van der Waals surface area contributed by atoms with E-state index < -0.39 is 11.7 Å². The predicted molar refractivity (Wildman–Crippen MR) is 66.4 cm³/mol. The zero-order valence-corrected chi connectivity index (χ0v) is 10.6. The number of carbonyl (C=O) groups is 1. The minimum absolute atomic E-state index is 0.148. The highest BCUT2D eigenvalue weighted by atomic mass is 19.4. The van der Waals surface area contributed by atoms with Crippen molar-refractivity contribution in [2.75, 3.05) is 13.1 Å². The van der Waals surface area contributed by atoms with Crippen LogP contribution in [-0.2, 0) is 17.4 Å². The minimum Gasteiger partial charge on any atom is -0.355 e. The van der Waals surface area contributed by atoms with Crippen LogP contribution in [0, 0.1) is 5.92 Å². The van der Waals surface area contributed by atoms with Gasteiger partial charge in [0.05, 0.1) is 5.56 Å². The van der Waals surface area contributed by atoms with E-state index in [2.05, 4.69) is 5.32 Å². The molecule has 0 aliphatic rings. The fraction of sp³-hybridized carbons (Fsp3) is 0.462. The van der Waals surface area contributed by atoms with Crippen molar-refractivity contribution in [3.63, 3.8) is 0 Å². The van der Waals surface area contributed by atoms with Crippen molar-refractivity contribution in [3.05, 3.63) is 35.4 Å². The maximum atomic E-state index is 12.4. The number of rotatable bonds is 5. The molecule has 1 atom stereocenters. The molecule has 19 heavy (non-hydrogen) atoms. The van der Waals surface area contributed by atoms with Gasteiger partial charge in [0.15, 0.2) is 0 Å². The molecule has 0 aromatic heterocycles. The molecule has 0 saturated heterocycles. The first-order valence-corrected chi connectivity index (χ1v) is 5.98. The molecule has 0 aliphatic carbocycles. The van der Waals surface area contributed by atoms with E-state index in [4.69, 9.17) is 5.73 Å². The van der Waals surface area contributed by atoms with Gasteiger partial charge in [-0.15, -0.1) is 0 Å². The summed E-state index contributed by atoms with van der Waals surface area (Å²) in [4.78, 5) is 11.6. The van der Waals surface area contributed by atoms with Gasteiger partial charge in [0, 0.05) is 19.0 Å². The van der Waals surface area contributed by atoms with Gasteiger partial charge in [-0.3, -0.25) is 4.79 Å². The molecule has 0 aliphatic heterocycles. The van der Waals surface area contributed by atoms with Crippen LogP contribution in [0.2, 0.25) is 0 Å². The summed E-state index contributed by atoms with van der Waals surface area (Å²) in [6, 6.07) is 4.85. The first-order chi connectivity index (χ1) is 8.84. The quantitative estimate of drug-likeness (QED) is 0.862. The summed E-state index contributed by atoms with van der Waals surface area (Å²) in [5.74, 6) is -0.450. The summed E-state index contributed by atoms with van der Waals surface area (Å²) in [5, 5.41) is 2.64. The van der Waals surface area contributed by atoms with Crippen LogP contribution < -0.4 is 11.1 Å². The van der Waals surface area contributed by atoms with E-state index in [-0.39, 0.29) is 11.8 Å². The standard InChI is InChI=1S/C13H17F3N2O/c1-9(12(19)18-7-6-17)8-10-2-4-11(5-3-10)13(14,15)16/h2-5,9H,6-8,17H2,1H3,(H,18,19). The first-order valence-electron chi connectivity index (χ1n) is 5.98. The highest BCUT2D eigenvalue weighted by Crippen LogP contribution is 2.29. The molecule has 0 spiro atoms. The van der Waals surface area contributed by atoms with Crippen LogP contribution in [0.3, 0.4) is 0 Å². The number of hydrogen-bond acceptors (Lipinski definition) is 2. The van der Waals surface area contributed by atoms with Crippen molar-refractivity contribution in [2.45, 2.75) is 19.5 Å². The third kappa shape index (κ3) is 4.90.